The number of carbonyl (C=O) groups is 1. The lowest BCUT2D eigenvalue weighted by molar-refractivity contribution is 0.0248. The van der Waals surface area contributed by atoms with E-state index in [-0.39, 0.29) is 6.09 Å². The first-order valence-electron chi connectivity index (χ1n) is 8.40. The molecule has 0 atom stereocenters. The summed E-state index contributed by atoms with van der Waals surface area (Å²) in [5.41, 5.74) is 0.689. The summed E-state index contributed by atoms with van der Waals surface area (Å²) in [7, 11) is 1.83. The molecule has 0 N–H and O–H groups in total. The lowest BCUT2D eigenvalue weighted by Gasteiger charge is -2.34. The lowest BCUT2D eigenvalue weighted by atomic mass is 9.96. The van der Waals surface area contributed by atoms with Crippen molar-refractivity contribution in [2.75, 3.05) is 26.7 Å². The third kappa shape index (κ3) is 6.18. The Bertz CT molecular complexity index is 491. The second-order valence-corrected chi connectivity index (χ2v) is 7.40. The second-order valence-electron chi connectivity index (χ2n) is 7.40. The number of ether oxygens (including phenoxy) is 1. The molecule has 1 aliphatic rings. The smallest absolute Gasteiger partial charge is 0.410 e. The van der Waals surface area contributed by atoms with Crippen molar-refractivity contribution in [2.45, 2.75) is 45.8 Å². The zero-order chi connectivity index (χ0) is 16.9. The van der Waals surface area contributed by atoms with Crippen molar-refractivity contribution in [1.82, 2.24) is 14.8 Å². The Labute approximate surface area is 139 Å². The van der Waals surface area contributed by atoms with Crippen molar-refractivity contribution >= 4 is 6.09 Å². The molecule has 0 spiro atoms. The molecule has 1 saturated heterocycles. The van der Waals surface area contributed by atoms with Crippen LogP contribution in [0.25, 0.3) is 0 Å². The molecule has 5 heteroatoms. The molecule has 0 aromatic carbocycles. The van der Waals surface area contributed by atoms with E-state index >= 15 is 0 Å². The van der Waals surface area contributed by atoms with Crippen LogP contribution in [0.5, 0.6) is 0 Å². The van der Waals surface area contributed by atoms with E-state index in [1.54, 1.807) is 4.90 Å². The van der Waals surface area contributed by atoms with Gasteiger partial charge in [-0.2, -0.15) is 0 Å². The van der Waals surface area contributed by atoms with Crippen LogP contribution < -0.4 is 0 Å². The van der Waals surface area contributed by atoms with Crippen LogP contribution >= 0.6 is 0 Å². The number of hydrogen-bond donors (Lipinski definition) is 0. The summed E-state index contributed by atoms with van der Waals surface area (Å²) in [6.45, 7) is 9.49. The van der Waals surface area contributed by atoms with Gasteiger partial charge in [-0.25, -0.2) is 4.79 Å². The molecular weight excluding hydrogens is 290 g/mol. The molecule has 128 valence electrons. The highest BCUT2D eigenvalue weighted by Gasteiger charge is 2.25. The SMILES string of the molecule is CN(CC1CCN(Cc2ccccn2)CC1)C(=O)OC(C)(C)C. The van der Waals surface area contributed by atoms with Gasteiger partial charge in [0.05, 0.1) is 5.69 Å². The van der Waals surface area contributed by atoms with Crippen molar-refractivity contribution in [3.05, 3.63) is 30.1 Å². The molecule has 1 aromatic heterocycles. The van der Waals surface area contributed by atoms with Gasteiger partial charge in [0.2, 0.25) is 0 Å². The molecule has 0 unspecified atom stereocenters. The minimum Gasteiger partial charge on any atom is -0.444 e. The van der Waals surface area contributed by atoms with Crippen molar-refractivity contribution in [3.63, 3.8) is 0 Å². The van der Waals surface area contributed by atoms with Crippen molar-refractivity contribution in [1.29, 1.82) is 0 Å². The van der Waals surface area contributed by atoms with E-state index in [0.29, 0.717) is 5.92 Å². The van der Waals surface area contributed by atoms with E-state index in [0.717, 1.165) is 44.7 Å². The Balaban J connectivity index is 1.73. The number of nitrogens with zero attached hydrogens (tertiary/aromatic N) is 3. The lowest BCUT2D eigenvalue weighted by Crippen LogP contribution is -2.41. The van der Waals surface area contributed by atoms with Crippen LogP contribution in [0.2, 0.25) is 0 Å². The number of carbonyl (C=O) groups excluding carboxylic acids is 1. The van der Waals surface area contributed by atoms with Gasteiger partial charge < -0.3 is 9.64 Å². The van der Waals surface area contributed by atoms with E-state index in [1.807, 2.05) is 46.1 Å². The highest BCUT2D eigenvalue weighted by molar-refractivity contribution is 5.67. The highest BCUT2D eigenvalue weighted by atomic mass is 16.6. The van der Waals surface area contributed by atoms with E-state index in [1.165, 1.54) is 0 Å². The first-order valence-corrected chi connectivity index (χ1v) is 8.40. The standard InChI is InChI=1S/C18H29N3O2/c1-18(2,3)23-17(22)20(4)13-15-8-11-21(12-9-15)14-16-7-5-6-10-19-16/h5-7,10,15H,8-9,11-14H2,1-4H3. The van der Waals surface area contributed by atoms with E-state index in [2.05, 4.69) is 16.0 Å². The summed E-state index contributed by atoms with van der Waals surface area (Å²) >= 11 is 0. The van der Waals surface area contributed by atoms with Crippen LogP contribution in [-0.4, -0.2) is 53.2 Å². The zero-order valence-electron chi connectivity index (χ0n) is 14.8. The Morgan fingerprint density at radius 2 is 2.04 bits per heavy atom. The number of rotatable bonds is 4. The Morgan fingerprint density at radius 1 is 1.35 bits per heavy atom. The van der Waals surface area contributed by atoms with Crippen molar-refractivity contribution in [2.24, 2.45) is 5.92 Å². The quantitative estimate of drug-likeness (QED) is 0.855. The molecule has 0 bridgehead atoms. The molecule has 0 saturated carbocycles. The maximum atomic E-state index is 12.0. The van der Waals surface area contributed by atoms with Crippen LogP contribution in [0.4, 0.5) is 4.79 Å². The topological polar surface area (TPSA) is 45.7 Å². The maximum absolute atomic E-state index is 12.0. The number of aromatic nitrogens is 1. The largest absolute Gasteiger partial charge is 0.444 e. The predicted molar refractivity (Wildman–Crippen MR) is 91.1 cm³/mol. The summed E-state index contributed by atoms with van der Waals surface area (Å²) in [4.78, 5) is 20.6. The Hall–Kier alpha value is -1.62. The molecule has 2 rings (SSSR count). The number of likely N-dealkylation sites (tertiary alicyclic amines) is 1. The monoisotopic (exact) mass is 319 g/mol. The predicted octanol–water partition coefficient (Wildman–Crippen LogP) is 3.16. The molecule has 1 aromatic rings. The number of pyridine rings is 1. The first kappa shape index (κ1) is 17.7. The molecule has 1 fully saturated rings. The van der Waals surface area contributed by atoms with Gasteiger partial charge in [0.25, 0.3) is 0 Å². The molecule has 23 heavy (non-hydrogen) atoms. The summed E-state index contributed by atoms with van der Waals surface area (Å²) in [5.74, 6) is 0.549. The van der Waals surface area contributed by atoms with E-state index in [4.69, 9.17) is 4.74 Å². The van der Waals surface area contributed by atoms with Gasteiger partial charge in [-0.05, 0) is 64.8 Å². The minimum absolute atomic E-state index is 0.228. The van der Waals surface area contributed by atoms with Crippen LogP contribution in [0, 0.1) is 5.92 Å². The van der Waals surface area contributed by atoms with Gasteiger partial charge >= 0.3 is 6.09 Å². The molecule has 1 amide bonds. The van der Waals surface area contributed by atoms with Crippen LogP contribution in [0.1, 0.15) is 39.3 Å². The summed E-state index contributed by atoms with van der Waals surface area (Å²) in [6.07, 6.45) is 3.84. The fourth-order valence-corrected chi connectivity index (χ4v) is 2.85. The van der Waals surface area contributed by atoms with Crippen LogP contribution in [0.15, 0.2) is 24.4 Å². The van der Waals surface area contributed by atoms with Gasteiger partial charge in [0.1, 0.15) is 5.60 Å². The van der Waals surface area contributed by atoms with Crippen molar-refractivity contribution in [3.8, 4) is 0 Å². The molecule has 5 nitrogen and oxygen atoms in total. The fraction of sp³-hybridized carbons (Fsp3) is 0.667. The van der Waals surface area contributed by atoms with Gasteiger partial charge in [-0.1, -0.05) is 6.07 Å². The van der Waals surface area contributed by atoms with Gasteiger partial charge in [0, 0.05) is 26.3 Å². The Kier molecular flexibility index (Phi) is 5.99. The van der Waals surface area contributed by atoms with Gasteiger partial charge in [-0.3, -0.25) is 9.88 Å². The van der Waals surface area contributed by atoms with E-state index in [9.17, 15) is 4.79 Å². The minimum atomic E-state index is -0.433. The summed E-state index contributed by atoms with van der Waals surface area (Å²) in [6, 6.07) is 6.05. The van der Waals surface area contributed by atoms with Gasteiger partial charge in [0.15, 0.2) is 0 Å². The highest BCUT2D eigenvalue weighted by Crippen LogP contribution is 2.20. The van der Waals surface area contributed by atoms with Gasteiger partial charge in [-0.15, -0.1) is 0 Å². The molecule has 0 radical (unpaired) electrons. The molecule has 0 aliphatic carbocycles. The molecular formula is C18H29N3O2. The van der Waals surface area contributed by atoms with Crippen LogP contribution in [-0.2, 0) is 11.3 Å². The molecule has 2 heterocycles. The normalized spacial score (nSPS) is 17.0. The Morgan fingerprint density at radius 3 is 2.61 bits per heavy atom. The van der Waals surface area contributed by atoms with E-state index < -0.39 is 5.60 Å². The first-order chi connectivity index (χ1) is 10.8. The van der Waals surface area contributed by atoms with Crippen LogP contribution in [0.3, 0.4) is 0 Å². The number of hydrogen-bond acceptors (Lipinski definition) is 4. The third-order valence-electron chi connectivity index (χ3n) is 4.06. The summed E-state index contributed by atoms with van der Waals surface area (Å²) in [5, 5.41) is 0. The van der Waals surface area contributed by atoms with Crippen molar-refractivity contribution < 1.29 is 9.53 Å². The fourth-order valence-electron chi connectivity index (χ4n) is 2.85. The third-order valence-corrected chi connectivity index (χ3v) is 4.06. The second kappa shape index (κ2) is 7.77. The number of amides is 1. The summed E-state index contributed by atoms with van der Waals surface area (Å²) < 4.78 is 5.41. The zero-order valence-corrected chi connectivity index (χ0v) is 14.8. The maximum Gasteiger partial charge on any atom is 0.410 e. The number of piperidine rings is 1. The average Bonchev–Trinajstić information content (AvgIpc) is 2.48. The average molecular weight is 319 g/mol. The molecule has 1 aliphatic heterocycles.